The Labute approximate surface area is 205 Å². The molecule has 0 fully saturated rings. The van der Waals surface area contributed by atoms with Crippen LogP contribution in [0.4, 0.5) is 23.2 Å². The van der Waals surface area contributed by atoms with Crippen LogP contribution < -0.4 is 10.0 Å². The van der Waals surface area contributed by atoms with E-state index in [0.717, 1.165) is 47.7 Å². The van der Waals surface area contributed by atoms with Crippen LogP contribution in [-0.4, -0.2) is 20.1 Å². The van der Waals surface area contributed by atoms with E-state index in [1.807, 2.05) is 6.07 Å². The highest BCUT2D eigenvalue weighted by atomic mass is 32.2. The average molecular weight is 522 g/mol. The Balaban J connectivity index is 1.27. The van der Waals surface area contributed by atoms with E-state index in [-0.39, 0.29) is 11.5 Å². The fourth-order valence-electron chi connectivity index (χ4n) is 3.72. The number of nitrogens with one attached hydrogen (secondary N) is 2. The van der Waals surface area contributed by atoms with Crippen LogP contribution in [0.15, 0.2) is 76.1 Å². The van der Waals surface area contributed by atoms with Crippen LogP contribution >= 0.6 is 0 Å². The zero-order chi connectivity index (χ0) is 25.8. The lowest BCUT2D eigenvalue weighted by atomic mass is 10.1. The van der Waals surface area contributed by atoms with E-state index in [1.165, 1.54) is 18.2 Å². The van der Waals surface area contributed by atoms with E-state index in [9.17, 15) is 26.0 Å². The van der Waals surface area contributed by atoms with Crippen LogP contribution in [0.3, 0.4) is 0 Å². The number of aromatic nitrogens is 1. The molecule has 0 saturated heterocycles. The second-order valence-electron chi connectivity index (χ2n) is 8.24. The number of alkyl halides is 3. The van der Waals surface area contributed by atoms with Gasteiger partial charge in [0.05, 0.1) is 16.2 Å². The molecule has 4 rings (SSSR count). The highest BCUT2D eigenvalue weighted by Crippen LogP contribution is 2.31. The largest absolute Gasteiger partial charge is 0.416 e. The topological polar surface area (TPSA) is 84.2 Å². The minimum absolute atomic E-state index is 0.251. The summed E-state index contributed by atoms with van der Waals surface area (Å²) < 4.78 is 84.7. The Hall–Kier alpha value is -3.44. The lowest BCUT2D eigenvalue weighted by molar-refractivity contribution is -0.137. The first-order valence-corrected chi connectivity index (χ1v) is 12.6. The predicted octanol–water partition coefficient (Wildman–Crippen LogP) is 5.90. The molecule has 1 aromatic heterocycles. The number of unbranched alkanes of at least 4 members (excludes halogenated alkanes) is 1. The van der Waals surface area contributed by atoms with Gasteiger partial charge in [-0.05, 0) is 73.8 Å². The predicted molar refractivity (Wildman–Crippen MR) is 127 cm³/mol. The molecule has 0 aliphatic heterocycles. The molecule has 3 aromatic carbocycles. The molecule has 190 valence electrons. The number of aryl methyl sites for hydroxylation is 1. The molecule has 0 atom stereocenters. The standard InChI is InChI=1S/C25H23F4N3O3S/c26-19-10-11-22-23(31-35-24(22)15-19)9-1-2-12-30-16-17-5-3-7-20(13-17)32-36(33,34)21-8-4-6-18(14-21)25(27,28)29/h3-8,10-11,13-15,30,32H,1-2,9,12,16H2. The Morgan fingerprint density at radius 2 is 1.75 bits per heavy atom. The van der Waals surface area contributed by atoms with Crippen molar-refractivity contribution in [2.24, 2.45) is 0 Å². The molecule has 0 spiro atoms. The van der Waals surface area contributed by atoms with Gasteiger partial charge in [0, 0.05) is 23.7 Å². The first-order valence-electron chi connectivity index (χ1n) is 11.2. The van der Waals surface area contributed by atoms with E-state index in [1.54, 1.807) is 18.2 Å². The van der Waals surface area contributed by atoms with E-state index in [2.05, 4.69) is 15.2 Å². The van der Waals surface area contributed by atoms with Gasteiger partial charge in [0.2, 0.25) is 0 Å². The molecule has 4 aromatic rings. The van der Waals surface area contributed by atoms with Crippen molar-refractivity contribution in [3.05, 3.63) is 89.4 Å². The zero-order valence-electron chi connectivity index (χ0n) is 19.0. The van der Waals surface area contributed by atoms with E-state index in [0.29, 0.717) is 31.2 Å². The number of fused-ring (bicyclic) bond motifs is 1. The monoisotopic (exact) mass is 521 g/mol. The molecule has 0 bridgehead atoms. The zero-order valence-corrected chi connectivity index (χ0v) is 19.8. The normalized spacial score (nSPS) is 12.2. The van der Waals surface area contributed by atoms with Crippen LogP contribution in [0.2, 0.25) is 0 Å². The lowest BCUT2D eigenvalue weighted by Gasteiger charge is -2.12. The number of nitrogens with zero attached hydrogens (tertiary/aromatic N) is 1. The third-order valence-electron chi connectivity index (χ3n) is 5.51. The van der Waals surface area contributed by atoms with Crippen LogP contribution in [0.5, 0.6) is 0 Å². The first-order chi connectivity index (χ1) is 17.1. The van der Waals surface area contributed by atoms with Crippen LogP contribution in [0, 0.1) is 5.82 Å². The van der Waals surface area contributed by atoms with Crippen molar-refractivity contribution < 1.29 is 30.5 Å². The molecule has 11 heteroatoms. The fourth-order valence-corrected chi connectivity index (χ4v) is 4.81. The molecule has 36 heavy (non-hydrogen) atoms. The maximum absolute atomic E-state index is 13.2. The number of rotatable bonds is 10. The summed E-state index contributed by atoms with van der Waals surface area (Å²) >= 11 is 0. The molecule has 0 saturated carbocycles. The summed E-state index contributed by atoms with van der Waals surface area (Å²) in [7, 11) is -4.19. The SMILES string of the molecule is O=S(=O)(Nc1cccc(CNCCCCc2noc3cc(F)ccc23)c1)c1cccc(C(F)(F)F)c1. The van der Waals surface area contributed by atoms with Crippen LogP contribution in [-0.2, 0) is 29.2 Å². The van der Waals surface area contributed by atoms with E-state index < -0.39 is 26.7 Å². The van der Waals surface area contributed by atoms with Gasteiger partial charge in [0.1, 0.15) is 5.82 Å². The number of sulfonamides is 1. The Kier molecular flexibility index (Phi) is 7.60. The molecular weight excluding hydrogens is 498 g/mol. The molecule has 0 amide bonds. The van der Waals surface area contributed by atoms with Crippen molar-refractivity contribution in [1.82, 2.24) is 10.5 Å². The third kappa shape index (κ3) is 6.41. The summed E-state index contributed by atoms with van der Waals surface area (Å²) in [5, 5.41) is 8.08. The summed E-state index contributed by atoms with van der Waals surface area (Å²) in [5.74, 6) is -0.373. The van der Waals surface area contributed by atoms with Gasteiger partial charge in [-0.25, -0.2) is 12.8 Å². The summed E-state index contributed by atoms with van der Waals surface area (Å²) in [6, 6.07) is 14.6. The summed E-state index contributed by atoms with van der Waals surface area (Å²) in [6.45, 7) is 1.18. The molecule has 6 nitrogen and oxygen atoms in total. The molecule has 0 aliphatic rings. The molecule has 2 N–H and O–H groups in total. The first kappa shape index (κ1) is 25.6. The van der Waals surface area contributed by atoms with Crippen LogP contribution in [0.1, 0.15) is 29.7 Å². The Bertz CT molecular complexity index is 1450. The van der Waals surface area contributed by atoms with Crippen molar-refractivity contribution in [3.8, 4) is 0 Å². The Morgan fingerprint density at radius 3 is 2.56 bits per heavy atom. The Morgan fingerprint density at radius 1 is 0.944 bits per heavy atom. The quantitative estimate of drug-likeness (QED) is 0.201. The molecule has 0 unspecified atom stereocenters. The lowest BCUT2D eigenvalue weighted by Crippen LogP contribution is -2.16. The maximum atomic E-state index is 13.2. The van der Waals surface area contributed by atoms with Crippen LogP contribution in [0.25, 0.3) is 11.0 Å². The molecule has 0 radical (unpaired) electrons. The van der Waals surface area contributed by atoms with Gasteiger partial charge in [-0.1, -0.05) is 23.4 Å². The van der Waals surface area contributed by atoms with Crippen molar-refractivity contribution in [2.75, 3.05) is 11.3 Å². The minimum atomic E-state index is -4.64. The van der Waals surface area contributed by atoms with Gasteiger partial charge < -0.3 is 9.84 Å². The van der Waals surface area contributed by atoms with E-state index >= 15 is 0 Å². The van der Waals surface area contributed by atoms with Gasteiger partial charge in [-0.2, -0.15) is 13.2 Å². The van der Waals surface area contributed by atoms with Gasteiger partial charge in [0.25, 0.3) is 10.0 Å². The van der Waals surface area contributed by atoms with Crippen molar-refractivity contribution in [1.29, 1.82) is 0 Å². The second kappa shape index (κ2) is 10.7. The van der Waals surface area contributed by atoms with Crippen molar-refractivity contribution in [3.63, 3.8) is 0 Å². The van der Waals surface area contributed by atoms with Gasteiger partial charge in [0.15, 0.2) is 5.58 Å². The number of anilines is 1. The number of halogens is 4. The minimum Gasteiger partial charge on any atom is -0.356 e. The molecule has 0 aliphatic carbocycles. The highest BCUT2D eigenvalue weighted by molar-refractivity contribution is 7.92. The number of hydrogen-bond donors (Lipinski definition) is 2. The van der Waals surface area contributed by atoms with Crippen molar-refractivity contribution >= 4 is 26.7 Å². The van der Waals surface area contributed by atoms with Gasteiger partial charge in [-0.3, -0.25) is 4.72 Å². The number of hydrogen-bond acceptors (Lipinski definition) is 5. The van der Waals surface area contributed by atoms with E-state index in [4.69, 9.17) is 4.52 Å². The highest BCUT2D eigenvalue weighted by Gasteiger charge is 2.31. The summed E-state index contributed by atoms with van der Waals surface area (Å²) in [6.07, 6.45) is -2.27. The molecule has 1 heterocycles. The summed E-state index contributed by atoms with van der Waals surface area (Å²) in [4.78, 5) is -0.467. The van der Waals surface area contributed by atoms with Crippen molar-refractivity contribution in [2.45, 2.75) is 36.9 Å². The maximum Gasteiger partial charge on any atom is 0.416 e. The smallest absolute Gasteiger partial charge is 0.356 e. The fraction of sp³-hybridized carbons (Fsp3) is 0.240. The molecular formula is C25H23F4N3O3S. The van der Waals surface area contributed by atoms with Gasteiger partial charge >= 0.3 is 6.18 Å². The number of benzene rings is 3. The average Bonchev–Trinajstić information content (AvgIpc) is 3.22. The van der Waals surface area contributed by atoms with Gasteiger partial charge in [-0.15, -0.1) is 0 Å². The second-order valence-corrected chi connectivity index (χ2v) is 9.92. The summed E-state index contributed by atoms with van der Waals surface area (Å²) in [5.41, 5.74) is 1.23. The third-order valence-corrected chi connectivity index (χ3v) is 6.88.